The molecule has 0 saturated carbocycles. The summed E-state index contributed by atoms with van der Waals surface area (Å²) in [5, 5.41) is 12.8. The monoisotopic (exact) mass is 371 g/mol. The van der Waals surface area contributed by atoms with E-state index in [2.05, 4.69) is 19.8 Å². The zero-order valence-corrected chi connectivity index (χ0v) is 15.4. The molecule has 0 spiro atoms. The summed E-state index contributed by atoms with van der Waals surface area (Å²) in [5.74, 6) is 0. The van der Waals surface area contributed by atoms with E-state index >= 15 is 0 Å². The molecule has 1 aliphatic heterocycles. The summed E-state index contributed by atoms with van der Waals surface area (Å²) in [6.07, 6.45) is 1.03. The molecule has 1 aliphatic rings. The van der Waals surface area contributed by atoms with Gasteiger partial charge in [-0.15, -0.1) is 11.3 Å². The average Bonchev–Trinajstić information content (AvgIpc) is 3.20. The van der Waals surface area contributed by atoms with E-state index in [-0.39, 0.29) is 5.56 Å². The molecular weight excluding hydrogens is 350 g/mol. The number of hydrogen-bond donors (Lipinski definition) is 1. The van der Waals surface area contributed by atoms with Crippen LogP contribution < -0.4 is 10.5 Å². The largest absolute Gasteiger partial charge is 0.385 e. The maximum absolute atomic E-state index is 12.1. The molecule has 1 fully saturated rings. The normalized spacial score (nSPS) is 16.9. The number of fused-ring (bicyclic) bond motifs is 1. The lowest BCUT2D eigenvalue weighted by atomic mass is 10.2. The van der Waals surface area contributed by atoms with Crippen molar-refractivity contribution in [1.29, 1.82) is 0 Å². The van der Waals surface area contributed by atoms with Crippen molar-refractivity contribution in [3.8, 4) is 0 Å². The molecule has 3 aromatic rings. The van der Waals surface area contributed by atoms with E-state index in [9.17, 15) is 9.90 Å². The van der Waals surface area contributed by atoms with Crippen molar-refractivity contribution < 1.29 is 5.11 Å². The van der Waals surface area contributed by atoms with Gasteiger partial charge in [-0.2, -0.15) is 0 Å². The number of thiazole rings is 1. The van der Waals surface area contributed by atoms with Gasteiger partial charge in [0.25, 0.3) is 5.56 Å². The highest BCUT2D eigenvalue weighted by molar-refractivity contribution is 7.07. The minimum atomic E-state index is -0.533. The van der Waals surface area contributed by atoms with Crippen molar-refractivity contribution in [1.82, 2.24) is 19.4 Å². The van der Waals surface area contributed by atoms with E-state index in [0.29, 0.717) is 11.9 Å². The van der Waals surface area contributed by atoms with E-state index in [1.165, 1.54) is 15.9 Å². The maximum atomic E-state index is 12.1. The van der Waals surface area contributed by atoms with Crippen molar-refractivity contribution in [2.45, 2.75) is 6.10 Å². The number of β-amino-alcohol motifs (C(OH)–C–C–N with tert-alkyl or cyclic N) is 1. The van der Waals surface area contributed by atoms with Crippen molar-refractivity contribution in [3.05, 3.63) is 51.5 Å². The van der Waals surface area contributed by atoms with Gasteiger partial charge in [0.2, 0.25) is 0 Å². The molecule has 1 unspecified atom stereocenters. The standard InChI is InChI=1S/C18H21N5O2S/c1-21-11-19-15-8-13(2-3-14(15)18(21)25)23-6-4-22(5-7-23)9-17(24)16-10-26-12-20-16/h2-3,8,10-12,17,24H,4-7,9H2,1H3. The van der Waals surface area contributed by atoms with Crippen LogP contribution in [0.15, 0.2) is 40.2 Å². The maximum Gasteiger partial charge on any atom is 0.260 e. The molecule has 2 aromatic heterocycles. The Bertz CT molecular complexity index is 948. The Morgan fingerprint density at radius 2 is 2.04 bits per heavy atom. The van der Waals surface area contributed by atoms with Crippen molar-refractivity contribution in [2.24, 2.45) is 7.05 Å². The molecule has 1 N–H and O–H groups in total. The number of hydrogen-bond acceptors (Lipinski definition) is 7. The van der Waals surface area contributed by atoms with E-state index < -0.39 is 6.10 Å². The molecule has 0 aliphatic carbocycles. The van der Waals surface area contributed by atoms with Crippen molar-refractivity contribution in [3.63, 3.8) is 0 Å². The van der Waals surface area contributed by atoms with Gasteiger partial charge < -0.3 is 14.6 Å². The Hall–Kier alpha value is -2.29. The number of aryl methyl sites for hydroxylation is 1. The van der Waals surface area contributed by atoms with Gasteiger partial charge in [0, 0.05) is 50.8 Å². The van der Waals surface area contributed by atoms with E-state index in [4.69, 9.17) is 0 Å². The quantitative estimate of drug-likeness (QED) is 0.744. The first-order valence-electron chi connectivity index (χ1n) is 8.60. The van der Waals surface area contributed by atoms with Crippen LogP contribution in [0.3, 0.4) is 0 Å². The third-order valence-electron chi connectivity index (χ3n) is 4.86. The minimum Gasteiger partial charge on any atom is -0.385 e. The molecule has 26 heavy (non-hydrogen) atoms. The van der Waals surface area contributed by atoms with Crippen LogP contribution in [0.4, 0.5) is 5.69 Å². The van der Waals surface area contributed by atoms with Gasteiger partial charge in [0.1, 0.15) is 6.10 Å². The van der Waals surface area contributed by atoms with Crippen molar-refractivity contribution >= 4 is 27.9 Å². The molecule has 0 amide bonds. The number of benzene rings is 1. The molecular formula is C18H21N5O2S. The lowest BCUT2D eigenvalue weighted by Gasteiger charge is -2.36. The predicted molar refractivity (Wildman–Crippen MR) is 103 cm³/mol. The second-order valence-corrected chi connectivity index (χ2v) is 7.30. The Labute approximate surface area is 155 Å². The second-order valence-electron chi connectivity index (χ2n) is 6.58. The Kier molecular flexibility index (Phi) is 4.71. The van der Waals surface area contributed by atoms with Gasteiger partial charge in [-0.3, -0.25) is 9.69 Å². The van der Waals surface area contributed by atoms with E-state index in [0.717, 1.165) is 43.1 Å². The van der Waals surface area contributed by atoms with Gasteiger partial charge in [-0.25, -0.2) is 9.97 Å². The summed E-state index contributed by atoms with van der Waals surface area (Å²) < 4.78 is 1.49. The zero-order chi connectivity index (χ0) is 18.1. The number of nitrogens with zero attached hydrogens (tertiary/aromatic N) is 5. The number of rotatable bonds is 4. The summed E-state index contributed by atoms with van der Waals surface area (Å²) in [6.45, 7) is 4.11. The number of aliphatic hydroxyl groups is 1. The van der Waals surface area contributed by atoms with Crippen LogP contribution in [-0.2, 0) is 7.05 Å². The van der Waals surface area contributed by atoms with E-state index in [1.807, 2.05) is 23.6 Å². The number of anilines is 1. The van der Waals surface area contributed by atoms with Crippen LogP contribution >= 0.6 is 11.3 Å². The van der Waals surface area contributed by atoms with Gasteiger partial charge in [-0.1, -0.05) is 0 Å². The SMILES string of the molecule is Cn1cnc2cc(N3CCN(CC(O)c4cscn4)CC3)ccc2c1=O. The van der Waals surface area contributed by atoms with Crippen molar-refractivity contribution in [2.75, 3.05) is 37.6 Å². The molecule has 7 nitrogen and oxygen atoms in total. The van der Waals surface area contributed by atoms with Gasteiger partial charge in [-0.05, 0) is 18.2 Å². The van der Waals surface area contributed by atoms with Crippen LogP contribution in [0.5, 0.6) is 0 Å². The van der Waals surface area contributed by atoms with Gasteiger partial charge in [0.05, 0.1) is 28.4 Å². The topological polar surface area (TPSA) is 74.5 Å². The van der Waals surface area contributed by atoms with Crippen LogP contribution in [0.2, 0.25) is 0 Å². The molecule has 136 valence electrons. The van der Waals surface area contributed by atoms with Crippen LogP contribution in [0.1, 0.15) is 11.8 Å². The van der Waals surface area contributed by atoms with Crippen LogP contribution in [0.25, 0.3) is 10.9 Å². The summed E-state index contributed by atoms with van der Waals surface area (Å²) in [4.78, 5) is 25.2. The highest BCUT2D eigenvalue weighted by Gasteiger charge is 2.21. The Morgan fingerprint density at radius 3 is 2.77 bits per heavy atom. The zero-order valence-electron chi connectivity index (χ0n) is 14.6. The molecule has 3 heterocycles. The average molecular weight is 371 g/mol. The van der Waals surface area contributed by atoms with E-state index in [1.54, 1.807) is 18.9 Å². The summed E-state index contributed by atoms with van der Waals surface area (Å²) in [5.41, 5.74) is 4.28. The lowest BCUT2D eigenvalue weighted by Crippen LogP contribution is -2.47. The fourth-order valence-corrected chi connectivity index (χ4v) is 3.91. The predicted octanol–water partition coefficient (Wildman–Crippen LogP) is 1.25. The smallest absolute Gasteiger partial charge is 0.260 e. The first-order valence-corrected chi connectivity index (χ1v) is 9.55. The molecule has 0 radical (unpaired) electrons. The summed E-state index contributed by atoms with van der Waals surface area (Å²) in [6, 6.07) is 5.83. The summed E-state index contributed by atoms with van der Waals surface area (Å²) in [7, 11) is 1.71. The molecule has 0 bridgehead atoms. The first kappa shape index (κ1) is 17.1. The third kappa shape index (κ3) is 3.35. The Morgan fingerprint density at radius 1 is 1.23 bits per heavy atom. The summed E-state index contributed by atoms with van der Waals surface area (Å²) >= 11 is 1.50. The van der Waals surface area contributed by atoms with Crippen LogP contribution in [-0.4, -0.2) is 57.3 Å². The molecule has 4 rings (SSSR count). The lowest BCUT2D eigenvalue weighted by molar-refractivity contribution is 0.107. The third-order valence-corrected chi connectivity index (χ3v) is 5.47. The van der Waals surface area contributed by atoms with Crippen LogP contribution in [0, 0.1) is 0 Å². The molecule has 1 saturated heterocycles. The number of aromatic nitrogens is 3. The van der Waals surface area contributed by atoms with Gasteiger partial charge >= 0.3 is 0 Å². The number of aliphatic hydroxyl groups excluding tert-OH is 1. The fraction of sp³-hybridized carbons (Fsp3) is 0.389. The molecule has 8 heteroatoms. The highest BCUT2D eigenvalue weighted by Crippen LogP contribution is 2.21. The molecule has 1 aromatic carbocycles. The first-order chi connectivity index (χ1) is 12.6. The molecule has 1 atom stereocenters. The second kappa shape index (κ2) is 7.14. The highest BCUT2D eigenvalue weighted by atomic mass is 32.1. The van der Waals surface area contributed by atoms with Gasteiger partial charge in [0.15, 0.2) is 0 Å². The fourth-order valence-electron chi connectivity index (χ4n) is 3.31. The Balaban J connectivity index is 1.42. The number of piperazine rings is 1. The minimum absolute atomic E-state index is 0.0256.